The molecule has 31 heavy (non-hydrogen) atoms. The van der Waals surface area contributed by atoms with Crippen molar-refractivity contribution >= 4 is 11.8 Å². The summed E-state index contributed by atoms with van der Waals surface area (Å²) in [4.78, 5) is 31.1. The lowest BCUT2D eigenvalue weighted by molar-refractivity contribution is -0.134. The maximum atomic E-state index is 12.7. The average molecular weight is 423 g/mol. The molecule has 1 aliphatic rings. The lowest BCUT2D eigenvalue weighted by atomic mass is 10.1. The number of likely N-dealkylation sites (N-methyl/N-ethyl adjacent to an activating group) is 1. The Morgan fingerprint density at radius 3 is 2.39 bits per heavy atom. The smallest absolute Gasteiger partial charge is 0.236 e. The molecule has 0 radical (unpaired) electrons. The molecular formula is C25H34N4O2. The van der Waals surface area contributed by atoms with Crippen LogP contribution in [-0.4, -0.2) is 72.8 Å². The summed E-state index contributed by atoms with van der Waals surface area (Å²) < 4.78 is 0. The minimum atomic E-state index is -0.0744. The predicted molar refractivity (Wildman–Crippen MR) is 124 cm³/mol. The van der Waals surface area contributed by atoms with Crippen LogP contribution in [0.2, 0.25) is 0 Å². The Morgan fingerprint density at radius 1 is 1.00 bits per heavy atom. The number of aryl methyl sites for hydroxylation is 1. The third-order valence-electron chi connectivity index (χ3n) is 5.71. The molecule has 0 unspecified atom stereocenters. The highest BCUT2D eigenvalue weighted by Gasteiger charge is 2.22. The molecule has 1 aliphatic heterocycles. The highest BCUT2D eigenvalue weighted by molar-refractivity contribution is 5.81. The lowest BCUT2D eigenvalue weighted by Gasteiger charge is -2.35. The maximum absolute atomic E-state index is 12.7. The second-order valence-electron chi connectivity index (χ2n) is 8.52. The largest absolute Gasteiger partial charge is 0.348 e. The van der Waals surface area contributed by atoms with Crippen LogP contribution >= 0.6 is 0 Å². The number of amides is 2. The molecule has 1 atom stereocenters. The summed E-state index contributed by atoms with van der Waals surface area (Å²) in [5, 5.41) is 3.00. The summed E-state index contributed by atoms with van der Waals surface area (Å²) in [6, 6.07) is 18.4. The van der Waals surface area contributed by atoms with Crippen LogP contribution in [0.1, 0.15) is 29.7 Å². The molecule has 6 nitrogen and oxygen atoms in total. The zero-order chi connectivity index (χ0) is 22.2. The number of nitrogens with one attached hydrogen (secondary N) is 1. The third-order valence-corrected chi connectivity index (χ3v) is 5.71. The van der Waals surface area contributed by atoms with Crippen LogP contribution in [-0.2, 0) is 16.1 Å². The monoisotopic (exact) mass is 422 g/mol. The van der Waals surface area contributed by atoms with Gasteiger partial charge in [-0.05, 0) is 32.0 Å². The lowest BCUT2D eigenvalue weighted by Crippen LogP contribution is -2.51. The van der Waals surface area contributed by atoms with E-state index in [4.69, 9.17) is 0 Å². The maximum Gasteiger partial charge on any atom is 0.236 e. The molecule has 2 amide bonds. The summed E-state index contributed by atoms with van der Waals surface area (Å²) in [6.07, 6.45) is 0. The van der Waals surface area contributed by atoms with Crippen molar-refractivity contribution < 1.29 is 9.59 Å². The number of hydrogen-bond donors (Lipinski definition) is 1. The highest BCUT2D eigenvalue weighted by atomic mass is 16.2. The first-order chi connectivity index (χ1) is 14.9. The van der Waals surface area contributed by atoms with Crippen LogP contribution in [0.15, 0.2) is 54.6 Å². The van der Waals surface area contributed by atoms with Crippen molar-refractivity contribution in [1.29, 1.82) is 0 Å². The SMILES string of the molecule is Cc1cccc(CN2CCN(C(=O)CN(C)CC(=O)N[C@@H](C)c3ccccc3)CC2)c1. The van der Waals surface area contributed by atoms with E-state index in [1.54, 1.807) is 4.90 Å². The van der Waals surface area contributed by atoms with Gasteiger partial charge in [-0.2, -0.15) is 0 Å². The van der Waals surface area contributed by atoms with Crippen molar-refractivity contribution in [3.63, 3.8) is 0 Å². The molecule has 1 N–H and O–H groups in total. The number of carbonyl (C=O) groups excluding carboxylic acids is 2. The minimum absolute atomic E-state index is 0.0562. The molecule has 1 heterocycles. The minimum Gasteiger partial charge on any atom is -0.348 e. The number of carbonyl (C=O) groups is 2. The summed E-state index contributed by atoms with van der Waals surface area (Å²) in [7, 11) is 1.82. The first-order valence-corrected chi connectivity index (χ1v) is 11.0. The zero-order valence-corrected chi connectivity index (χ0v) is 18.9. The summed E-state index contributed by atoms with van der Waals surface area (Å²) in [5.41, 5.74) is 3.66. The molecule has 0 bridgehead atoms. The van der Waals surface area contributed by atoms with Gasteiger partial charge in [0.25, 0.3) is 0 Å². The normalized spacial score (nSPS) is 15.7. The van der Waals surface area contributed by atoms with E-state index in [0.717, 1.165) is 38.3 Å². The predicted octanol–water partition coefficient (Wildman–Crippen LogP) is 2.45. The van der Waals surface area contributed by atoms with Gasteiger partial charge in [-0.15, -0.1) is 0 Å². The molecule has 0 aromatic heterocycles. The average Bonchev–Trinajstić information content (AvgIpc) is 2.74. The fourth-order valence-electron chi connectivity index (χ4n) is 3.97. The molecule has 0 spiro atoms. The highest BCUT2D eigenvalue weighted by Crippen LogP contribution is 2.12. The van der Waals surface area contributed by atoms with Gasteiger partial charge >= 0.3 is 0 Å². The Kier molecular flexibility index (Phi) is 8.20. The Morgan fingerprint density at radius 2 is 1.71 bits per heavy atom. The first-order valence-electron chi connectivity index (χ1n) is 11.0. The standard InChI is InChI=1S/C25H34N4O2/c1-20-8-7-9-22(16-20)17-28-12-14-29(15-13-28)25(31)19-27(3)18-24(30)26-21(2)23-10-5-4-6-11-23/h4-11,16,21H,12-15,17-19H2,1-3H3,(H,26,30)/t21-/m0/s1. The van der Waals surface area contributed by atoms with Gasteiger partial charge in [0.15, 0.2) is 0 Å². The second kappa shape index (κ2) is 11.1. The molecule has 0 saturated carbocycles. The molecule has 0 aliphatic carbocycles. The van der Waals surface area contributed by atoms with E-state index in [1.807, 2.05) is 49.2 Å². The van der Waals surface area contributed by atoms with Gasteiger partial charge < -0.3 is 10.2 Å². The quantitative estimate of drug-likeness (QED) is 0.710. The summed E-state index contributed by atoms with van der Waals surface area (Å²) in [5.74, 6) is 0.0104. The van der Waals surface area contributed by atoms with Crippen molar-refractivity contribution in [1.82, 2.24) is 20.0 Å². The molecular weight excluding hydrogens is 388 g/mol. The van der Waals surface area contributed by atoms with Gasteiger partial charge in [0.05, 0.1) is 19.1 Å². The van der Waals surface area contributed by atoms with E-state index in [0.29, 0.717) is 0 Å². The Labute approximate surface area is 185 Å². The van der Waals surface area contributed by atoms with Crippen molar-refractivity contribution in [2.75, 3.05) is 46.3 Å². The van der Waals surface area contributed by atoms with E-state index in [1.165, 1.54) is 11.1 Å². The summed E-state index contributed by atoms with van der Waals surface area (Å²) in [6.45, 7) is 8.67. The van der Waals surface area contributed by atoms with Crippen LogP contribution in [0.3, 0.4) is 0 Å². The van der Waals surface area contributed by atoms with Gasteiger partial charge in [-0.3, -0.25) is 19.4 Å². The van der Waals surface area contributed by atoms with Crippen molar-refractivity contribution in [2.45, 2.75) is 26.4 Å². The summed E-state index contributed by atoms with van der Waals surface area (Å²) >= 11 is 0. The van der Waals surface area contributed by atoms with Crippen molar-refractivity contribution in [3.05, 3.63) is 71.3 Å². The Balaban J connectivity index is 1.38. The van der Waals surface area contributed by atoms with E-state index in [2.05, 4.69) is 41.4 Å². The van der Waals surface area contributed by atoms with E-state index < -0.39 is 0 Å². The van der Waals surface area contributed by atoms with E-state index in [9.17, 15) is 9.59 Å². The molecule has 3 rings (SSSR count). The van der Waals surface area contributed by atoms with Crippen LogP contribution in [0, 0.1) is 6.92 Å². The van der Waals surface area contributed by atoms with Crippen LogP contribution in [0.4, 0.5) is 0 Å². The van der Waals surface area contributed by atoms with Gasteiger partial charge in [-0.25, -0.2) is 0 Å². The van der Waals surface area contributed by atoms with Crippen LogP contribution in [0.5, 0.6) is 0 Å². The number of nitrogens with zero attached hydrogens (tertiary/aromatic N) is 3. The van der Waals surface area contributed by atoms with Crippen molar-refractivity contribution in [3.8, 4) is 0 Å². The van der Waals surface area contributed by atoms with Gasteiger partial charge in [-0.1, -0.05) is 60.2 Å². The van der Waals surface area contributed by atoms with Gasteiger partial charge in [0, 0.05) is 32.7 Å². The Hall–Kier alpha value is -2.70. The van der Waals surface area contributed by atoms with Gasteiger partial charge in [0.2, 0.25) is 11.8 Å². The zero-order valence-electron chi connectivity index (χ0n) is 18.9. The molecule has 1 saturated heterocycles. The molecule has 2 aromatic rings. The number of benzene rings is 2. The van der Waals surface area contributed by atoms with E-state index >= 15 is 0 Å². The van der Waals surface area contributed by atoms with Crippen LogP contribution < -0.4 is 5.32 Å². The van der Waals surface area contributed by atoms with E-state index in [-0.39, 0.29) is 30.9 Å². The topological polar surface area (TPSA) is 55.9 Å². The fourth-order valence-corrected chi connectivity index (χ4v) is 3.97. The molecule has 166 valence electrons. The van der Waals surface area contributed by atoms with Crippen molar-refractivity contribution in [2.24, 2.45) is 0 Å². The number of rotatable bonds is 8. The number of hydrogen-bond acceptors (Lipinski definition) is 4. The molecule has 2 aromatic carbocycles. The number of piperazine rings is 1. The third kappa shape index (κ3) is 7.19. The first kappa shape index (κ1) is 23.0. The van der Waals surface area contributed by atoms with Crippen LogP contribution in [0.25, 0.3) is 0 Å². The Bertz CT molecular complexity index is 863. The fraction of sp³-hybridized carbons (Fsp3) is 0.440. The second-order valence-corrected chi connectivity index (χ2v) is 8.52. The molecule has 1 fully saturated rings. The van der Waals surface area contributed by atoms with Gasteiger partial charge in [0.1, 0.15) is 0 Å². The molecule has 6 heteroatoms.